The van der Waals surface area contributed by atoms with Gasteiger partial charge in [0.2, 0.25) is 0 Å². The van der Waals surface area contributed by atoms with Crippen LogP contribution in [0, 0.1) is 18.3 Å². The van der Waals surface area contributed by atoms with Crippen molar-refractivity contribution in [3.8, 4) is 17.2 Å². The van der Waals surface area contributed by atoms with Crippen LogP contribution in [0.25, 0.3) is 11.1 Å². The summed E-state index contributed by atoms with van der Waals surface area (Å²) in [4.78, 5) is 4.62. The molecule has 0 bridgehead atoms. The highest BCUT2D eigenvalue weighted by molar-refractivity contribution is 5.62. The maximum atomic E-state index is 8.61. The molecule has 2 aromatic rings. The summed E-state index contributed by atoms with van der Waals surface area (Å²) in [5, 5.41) is 12.9. The van der Waals surface area contributed by atoms with Crippen molar-refractivity contribution in [3.63, 3.8) is 0 Å². The molecule has 4 heteroatoms. The lowest BCUT2D eigenvalue weighted by Crippen LogP contribution is -2.14. The van der Waals surface area contributed by atoms with Gasteiger partial charge in [-0.15, -0.1) is 0 Å². The van der Waals surface area contributed by atoms with Gasteiger partial charge < -0.3 is 0 Å². The van der Waals surface area contributed by atoms with E-state index in [9.17, 15) is 0 Å². The van der Waals surface area contributed by atoms with Crippen LogP contribution in [0.3, 0.4) is 0 Å². The summed E-state index contributed by atoms with van der Waals surface area (Å²) in [7, 11) is 0. The summed E-state index contributed by atoms with van der Waals surface area (Å²) < 4.78 is 1.81. The minimum Gasteiger partial charge on any atom is -0.271 e. The second-order valence-corrected chi connectivity index (χ2v) is 6.03. The molecule has 0 unspecified atom stereocenters. The van der Waals surface area contributed by atoms with Crippen molar-refractivity contribution in [1.29, 1.82) is 5.26 Å². The van der Waals surface area contributed by atoms with Crippen LogP contribution in [0.15, 0.2) is 24.5 Å². The molecule has 0 atom stereocenters. The number of aromatic nitrogens is 3. The molecule has 0 aliphatic rings. The van der Waals surface area contributed by atoms with Gasteiger partial charge in [0.15, 0.2) is 0 Å². The van der Waals surface area contributed by atoms with Gasteiger partial charge in [-0.25, -0.2) is 0 Å². The summed E-state index contributed by atoms with van der Waals surface area (Å²) in [6.07, 6.45) is 4.31. The fourth-order valence-corrected chi connectivity index (χ4v) is 2.02. The third-order valence-electron chi connectivity index (χ3n) is 3.14. The minimum absolute atomic E-state index is 0.0254. The molecule has 0 saturated heterocycles. The Bertz CT molecular complexity index is 641. The van der Waals surface area contributed by atoms with Crippen LogP contribution >= 0.6 is 0 Å². The van der Waals surface area contributed by atoms with Crippen molar-refractivity contribution in [2.45, 2.75) is 46.1 Å². The molecule has 0 N–H and O–H groups in total. The second-order valence-electron chi connectivity index (χ2n) is 6.03. The van der Waals surface area contributed by atoms with Crippen molar-refractivity contribution in [1.82, 2.24) is 14.8 Å². The van der Waals surface area contributed by atoms with E-state index in [1.807, 2.05) is 24.0 Å². The van der Waals surface area contributed by atoms with Crippen molar-refractivity contribution in [2.75, 3.05) is 0 Å². The van der Waals surface area contributed by atoms with Gasteiger partial charge in [0.25, 0.3) is 0 Å². The predicted molar refractivity (Wildman–Crippen MR) is 79.1 cm³/mol. The molecule has 104 valence electrons. The Labute approximate surface area is 120 Å². The normalized spacial score (nSPS) is 11.3. The lowest BCUT2D eigenvalue weighted by atomic mass is 9.90. The Morgan fingerprint density at radius 1 is 1.25 bits per heavy atom. The van der Waals surface area contributed by atoms with Crippen LogP contribution in [-0.2, 0) is 12.0 Å². The number of pyridine rings is 1. The molecule has 0 radical (unpaired) electrons. The van der Waals surface area contributed by atoms with Gasteiger partial charge in [0.1, 0.15) is 0 Å². The van der Waals surface area contributed by atoms with E-state index in [2.05, 4.69) is 49.1 Å². The zero-order chi connectivity index (χ0) is 14.8. The fourth-order valence-electron chi connectivity index (χ4n) is 2.02. The van der Waals surface area contributed by atoms with Crippen molar-refractivity contribution in [3.05, 3.63) is 35.9 Å². The number of aryl methyl sites for hydroxylation is 2. The first-order valence-corrected chi connectivity index (χ1v) is 6.79. The second kappa shape index (κ2) is 5.46. The number of nitrogens with zero attached hydrogens (tertiary/aromatic N) is 4. The van der Waals surface area contributed by atoms with Crippen molar-refractivity contribution in [2.24, 2.45) is 0 Å². The molecule has 2 rings (SSSR count). The predicted octanol–water partition coefficient (Wildman–Crippen LogP) is 3.46. The topological polar surface area (TPSA) is 54.5 Å². The van der Waals surface area contributed by atoms with Crippen LogP contribution in [0.5, 0.6) is 0 Å². The van der Waals surface area contributed by atoms with Gasteiger partial charge in [-0.05, 0) is 24.6 Å². The highest BCUT2D eigenvalue weighted by Gasteiger charge is 2.17. The van der Waals surface area contributed by atoms with E-state index >= 15 is 0 Å². The number of rotatable bonds is 3. The standard InChI is InChI=1S/C16H20N4/c1-12-8-13(9-15(19-12)16(2,3)4)14-10-18-20(11-14)7-5-6-17/h8-11H,5,7H2,1-4H3. The van der Waals surface area contributed by atoms with Gasteiger partial charge in [0.05, 0.1) is 25.2 Å². The summed E-state index contributed by atoms with van der Waals surface area (Å²) in [6.45, 7) is 9.13. The lowest BCUT2D eigenvalue weighted by molar-refractivity contribution is 0.567. The number of hydrogen-bond acceptors (Lipinski definition) is 3. The Morgan fingerprint density at radius 2 is 2.00 bits per heavy atom. The molecule has 0 spiro atoms. The zero-order valence-corrected chi connectivity index (χ0v) is 12.5. The molecule has 2 aromatic heterocycles. The Hall–Kier alpha value is -2.15. The van der Waals surface area contributed by atoms with Gasteiger partial charge in [-0.2, -0.15) is 10.4 Å². The van der Waals surface area contributed by atoms with E-state index in [1.165, 1.54) is 0 Å². The molecule has 0 aliphatic heterocycles. The molecule has 2 heterocycles. The van der Waals surface area contributed by atoms with E-state index in [0.717, 1.165) is 22.5 Å². The van der Waals surface area contributed by atoms with Gasteiger partial charge in [-0.3, -0.25) is 9.67 Å². The lowest BCUT2D eigenvalue weighted by Gasteiger charge is -2.19. The first-order valence-electron chi connectivity index (χ1n) is 6.79. The summed E-state index contributed by atoms with van der Waals surface area (Å²) in [5.74, 6) is 0. The zero-order valence-electron chi connectivity index (χ0n) is 12.5. The monoisotopic (exact) mass is 268 g/mol. The molecular weight excluding hydrogens is 248 g/mol. The van der Waals surface area contributed by atoms with E-state index < -0.39 is 0 Å². The van der Waals surface area contributed by atoms with E-state index in [0.29, 0.717) is 13.0 Å². The largest absolute Gasteiger partial charge is 0.271 e. The average Bonchev–Trinajstić information content (AvgIpc) is 2.83. The molecule has 0 amide bonds. The maximum absolute atomic E-state index is 8.61. The molecule has 0 aliphatic carbocycles. The minimum atomic E-state index is 0.0254. The highest BCUT2D eigenvalue weighted by atomic mass is 15.3. The molecule has 20 heavy (non-hydrogen) atoms. The molecule has 4 nitrogen and oxygen atoms in total. The van der Waals surface area contributed by atoms with E-state index in [-0.39, 0.29) is 5.41 Å². The smallest absolute Gasteiger partial charge is 0.0641 e. The van der Waals surface area contributed by atoms with Crippen LogP contribution in [0.2, 0.25) is 0 Å². The van der Waals surface area contributed by atoms with E-state index in [4.69, 9.17) is 5.26 Å². The van der Waals surface area contributed by atoms with Crippen molar-refractivity contribution < 1.29 is 0 Å². The maximum Gasteiger partial charge on any atom is 0.0641 e. The third kappa shape index (κ3) is 3.24. The molecular formula is C16H20N4. The Kier molecular flexibility index (Phi) is 3.89. The summed E-state index contributed by atoms with van der Waals surface area (Å²) in [6, 6.07) is 6.33. The quantitative estimate of drug-likeness (QED) is 0.856. The Morgan fingerprint density at radius 3 is 2.65 bits per heavy atom. The van der Waals surface area contributed by atoms with Crippen LogP contribution < -0.4 is 0 Å². The average molecular weight is 268 g/mol. The summed E-state index contributed by atoms with van der Waals surface area (Å²) in [5.41, 5.74) is 4.32. The van der Waals surface area contributed by atoms with Crippen LogP contribution in [0.1, 0.15) is 38.6 Å². The van der Waals surface area contributed by atoms with Gasteiger partial charge in [0, 0.05) is 28.6 Å². The molecule has 0 fully saturated rings. The number of hydrogen-bond donors (Lipinski definition) is 0. The highest BCUT2D eigenvalue weighted by Crippen LogP contribution is 2.26. The Balaban J connectivity index is 2.35. The van der Waals surface area contributed by atoms with E-state index in [1.54, 1.807) is 0 Å². The number of nitriles is 1. The SMILES string of the molecule is Cc1cc(-c2cnn(CCC#N)c2)cc(C(C)(C)C)n1. The van der Waals surface area contributed by atoms with Gasteiger partial charge in [-0.1, -0.05) is 20.8 Å². The fraction of sp³-hybridized carbons (Fsp3) is 0.438. The molecule has 0 saturated carbocycles. The van der Waals surface area contributed by atoms with Crippen LogP contribution in [-0.4, -0.2) is 14.8 Å². The first-order chi connectivity index (χ1) is 9.40. The van der Waals surface area contributed by atoms with Crippen molar-refractivity contribution >= 4 is 0 Å². The third-order valence-corrected chi connectivity index (χ3v) is 3.14. The van der Waals surface area contributed by atoms with Crippen LogP contribution in [0.4, 0.5) is 0 Å². The first kappa shape index (κ1) is 14.3. The molecule has 0 aromatic carbocycles. The summed E-state index contributed by atoms with van der Waals surface area (Å²) >= 11 is 0. The van der Waals surface area contributed by atoms with Gasteiger partial charge >= 0.3 is 0 Å².